The molecule has 0 aliphatic heterocycles. The average molecular weight is 268 g/mol. The lowest BCUT2D eigenvalue weighted by atomic mass is 10.0. The molecule has 2 nitrogen and oxygen atoms in total. The van der Waals surface area contributed by atoms with Crippen LogP contribution in [0.25, 0.3) is 0 Å². The first-order valence-corrected chi connectivity index (χ1v) is 4.95. The van der Waals surface area contributed by atoms with Gasteiger partial charge in [-0.3, -0.25) is 4.79 Å². The third kappa shape index (κ3) is 3.68. The van der Waals surface area contributed by atoms with Gasteiger partial charge in [0.15, 0.2) is 5.78 Å². The molecule has 0 unspecified atom stereocenters. The van der Waals surface area contributed by atoms with E-state index in [1.165, 1.54) is 6.92 Å². The highest BCUT2D eigenvalue weighted by Crippen LogP contribution is 2.30. The van der Waals surface area contributed by atoms with E-state index in [0.717, 1.165) is 12.1 Å². The van der Waals surface area contributed by atoms with Gasteiger partial charge in [-0.2, -0.15) is 0 Å². The monoisotopic (exact) mass is 268 g/mol. The average Bonchev–Trinajstić information content (AvgIpc) is 2.25. The first-order valence-electron chi connectivity index (χ1n) is 4.95. The van der Waals surface area contributed by atoms with Crippen molar-refractivity contribution in [3.63, 3.8) is 0 Å². The molecular formula is C11H9F5O2. The summed E-state index contributed by atoms with van der Waals surface area (Å²) in [7, 11) is 0. The third-order valence-corrected chi connectivity index (χ3v) is 2.11. The minimum Gasteiger partial charge on any atom is -0.406 e. The summed E-state index contributed by atoms with van der Waals surface area (Å²) >= 11 is 0. The Morgan fingerprint density at radius 1 is 1.33 bits per heavy atom. The van der Waals surface area contributed by atoms with Gasteiger partial charge < -0.3 is 4.74 Å². The number of carbonyl (C=O) groups excluding carboxylic acids is 1. The Bertz CT molecular complexity index is 440. The first-order chi connectivity index (χ1) is 8.24. The third-order valence-electron chi connectivity index (χ3n) is 2.11. The Kier molecular flexibility index (Phi) is 4.26. The van der Waals surface area contributed by atoms with E-state index in [9.17, 15) is 26.7 Å². The molecule has 0 aliphatic rings. The number of carbonyl (C=O) groups is 1. The van der Waals surface area contributed by atoms with Crippen LogP contribution in [0, 0.1) is 0 Å². The molecule has 0 aliphatic carbocycles. The molecule has 0 aromatic heterocycles. The highest BCUT2D eigenvalue weighted by atomic mass is 19.4. The fraction of sp³-hybridized carbons (Fsp3) is 0.364. The summed E-state index contributed by atoms with van der Waals surface area (Å²) in [6, 6.07) is 2.19. The van der Waals surface area contributed by atoms with E-state index in [1.54, 1.807) is 0 Å². The predicted octanol–water partition coefficient (Wildman–Crippen LogP) is 4.12. The Morgan fingerprint density at radius 3 is 2.39 bits per heavy atom. The van der Waals surface area contributed by atoms with E-state index in [1.807, 2.05) is 0 Å². The lowest BCUT2D eigenvalue weighted by molar-refractivity contribution is -0.274. The second-order valence-corrected chi connectivity index (χ2v) is 3.37. The number of benzene rings is 1. The van der Waals surface area contributed by atoms with Gasteiger partial charge in [-0.15, -0.1) is 13.2 Å². The van der Waals surface area contributed by atoms with Crippen molar-refractivity contribution in [1.29, 1.82) is 0 Å². The van der Waals surface area contributed by atoms with Crippen molar-refractivity contribution in [3.05, 3.63) is 29.3 Å². The maximum Gasteiger partial charge on any atom is 0.573 e. The second kappa shape index (κ2) is 5.32. The summed E-state index contributed by atoms with van der Waals surface area (Å²) in [6.07, 6.45) is -7.95. The van der Waals surface area contributed by atoms with Crippen LogP contribution in [-0.4, -0.2) is 12.1 Å². The van der Waals surface area contributed by atoms with Gasteiger partial charge in [0.25, 0.3) is 6.43 Å². The summed E-state index contributed by atoms with van der Waals surface area (Å²) in [6.45, 7) is 1.43. The van der Waals surface area contributed by atoms with Crippen molar-refractivity contribution < 1.29 is 31.5 Å². The summed E-state index contributed by atoms with van der Waals surface area (Å²) in [5, 5.41) is 0. The van der Waals surface area contributed by atoms with Crippen molar-refractivity contribution >= 4 is 5.78 Å². The van der Waals surface area contributed by atoms with Gasteiger partial charge in [-0.05, 0) is 18.2 Å². The predicted molar refractivity (Wildman–Crippen MR) is 52.7 cm³/mol. The molecule has 7 heteroatoms. The standard InChI is InChI=1S/C11H9F5O2/c1-2-9(17)8-5-6(18-11(14,15)16)3-4-7(8)10(12)13/h3-5,10H,2H2,1H3. The van der Waals surface area contributed by atoms with Crippen molar-refractivity contribution in [3.8, 4) is 5.75 Å². The molecule has 0 N–H and O–H groups in total. The topological polar surface area (TPSA) is 26.3 Å². The van der Waals surface area contributed by atoms with E-state index in [0.29, 0.717) is 6.07 Å². The summed E-state index contributed by atoms with van der Waals surface area (Å²) in [5.74, 6) is -1.36. The van der Waals surface area contributed by atoms with Gasteiger partial charge in [-0.25, -0.2) is 8.78 Å². The molecule has 0 spiro atoms. The van der Waals surface area contributed by atoms with Crippen LogP contribution in [-0.2, 0) is 0 Å². The zero-order valence-corrected chi connectivity index (χ0v) is 9.22. The molecule has 0 atom stereocenters. The van der Waals surface area contributed by atoms with E-state index in [-0.39, 0.29) is 6.42 Å². The molecule has 0 fully saturated rings. The van der Waals surface area contributed by atoms with Gasteiger partial charge in [0.05, 0.1) is 0 Å². The fourth-order valence-electron chi connectivity index (χ4n) is 1.35. The van der Waals surface area contributed by atoms with Gasteiger partial charge in [0.1, 0.15) is 5.75 Å². The Balaban J connectivity index is 3.17. The SMILES string of the molecule is CCC(=O)c1cc(OC(F)(F)F)ccc1C(F)F. The molecule has 0 amide bonds. The summed E-state index contributed by atoms with van der Waals surface area (Å²) in [4.78, 5) is 11.4. The van der Waals surface area contributed by atoms with E-state index in [2.05, 4.69) is 4.74 Å². The van der Waals surface area contributed by atoms with E-state index in [4.69, 9.17) is 0 Å². The van der Waals surface area contributed by atoms with Crippen LogP contribution in [0.5, 0.6) is 5.75 Å². The number of hydrogen-bond acceptors (Lipinski definition) is 2. The quantitative estimate of drug-likeness (QED) is 0.606. The fourth-order valence-corrected chi connectivity index (χ4v) is 1.35. The zero-order valence-electron chi connectivity index (χ0n) is 9.22. The van der Waals surface area contributed by atoms with Crippen LogP contribution in [0.15, 0.2) is 18.2 Å². The molecule has 0 bridgehead atoms. The van der Waals surface area contributed by atoms with Crippen LogP contribution in [0.1, 0.15) is 35.7 Å². The first kappa shape index (κ1) is 14.4. The van der Waals surface area contributed by atoms with Crippen molar-refractivity contribution in [2.45, 2.75) is 26.1 Å². The molecule has 18 heavy (non-hydrogen) atoms. The number of halogens is 5. The van der Waals surface area contributed by atoms with E-state index >= 15 is 0 Å². The normalized spacial score (nSPS) is 11.7. The summed E-state index contributed by atoms with van der Waals surface area (Å²) < 4.78 is 64.6. The van der Waals surface area contributed by atoms with Gasteiger partial charge >= 0.3 is 6.36 Å². The second-order valence-electron chi connectivity index (χ2n) is 3.37. The molecule has 0 heterocycles. The van der Waals surface area contributed by atoms with Gasteiger partial charge in [0, 0.05) is 17.5 Å². The van der Waals surface area contributed by atoms with Crippen LogP contribution < -0.4 is 4.74 Å². The number of alkyl halides is 5. The molecule has 0 saturated heterocycles. The molecule has 100 valence electrons. The minimum atomic E-state index is -4.93. The minimum absolute atomic E-state index is 0.0881. The largest absolute Gasteiger partial charge is 0.573 e. The molecule has 1 aromatic rings. The molecule has 1 rings (SSSR count). The van der Waals surface area contributed by atoms with Gasteiger partial charge in [0.2, 0.25) is 0 Å². The Morgan fingerprint density at radius 2 is 1.94 bits per heavy atom. The van der Waals surface area contributed by atoms with E-state index < -0.39 is 35.4 Å². The van der Waals surface area contributed by atoms with Crippen LogP contribution in [0.3, 0.4) is 0 Å². The maximum absolute atomic E-state index is 12.6. The Hall–Kier alpha value is -1.66. The van der Waals surface area contributed by atoms with Crippen molar-refractivity contribution in [1.82, 2.24) is 0 Å². The molecular weight excluding hydrogens is 259 g/mol. The van der Waals surface area contributed by atoms with Crippen LogP contribution in [0.2, 0.25) is 0 Å². The highest BCUT2D eigenvalue weighted by Gasteiger charge is 2.31. The number of ketones is 1. The highest BCUT2D eigenvalue weighted by molar-refractivity contribution is 5.97. The smallest absolute Gasteiger partial charge is 0.406 e. The maximum atomic E-state index is 12.6. The van der Waals surface area contributed by atoms with Gasteiger partial charge in [-0.1, -0.05) is 6.92 Å². The van der Waals surface area contributed by atoms with Crippen LogP contribution in [0.4, 0.5) is 22.0 Å². The molecule has 0 saturated carbocycles. The number of rotatable bonds is 4. The van der Waals surface area contributed by atoms with Crippen molar-refractivity contribution in [2.24, 2.45) is 0 Å². The summed E-state index contributed by atoms with van der Waals surface area (Å²) in [5.41, 5.74) is -1.05. The lowest BCUT2D eigenvalue weighted by Crippen LogP contribution is -2.17. The van der Waals surface area contributed by atoms with Crippen molar-refractivity contribution in [2.75, 3.05) is 0 Å². The number of hydrogen-bond donors (Lipinski definition) is 0. The zero-order chi connectivity index (χ0) is 13.9. The Labute approximate surface area is 99.4 Å². The van der Waals surface area contributed by atoms with Crippen LogP contribution >= 0.6 is 0 Å². The molecule has 1 aromatic carbocycles. The molecule has 0 radical (unpaired) electrons. The number of ether oxygens (including phenoxy) is 1. The number of Topliss-reactive ketones (excluding diaryl/α,β-unsaturated/α-hetero) is 1. The lowest BCUT2D eigenvalue weighted by Gasteiger charge is -2.12.